The lowest BCUT2D eigenvalue weighted by molar-refractivity contribution is 0.415. The lowest BCUT2D eigenvalue weighted by atomic mass is 10.2. The summed E-state index contributed by atoms with van der Waals surface area (Å²) in [5, 5.41) is 4.04. The molecule has 0 radical (unpaired) electrons. The minimum absolute atomic E-state index is 0.221. The van der Waals surface area contributed by atoms with Gasteiger partial charge in [-0.2, -0.15) is 0 Å². The number of hydrogen-bond acceptors (Lipinski definition) is 4. The maximum Gasteiger partial charge on any atom is 0.201 e. The molecule has 2 aromatic carbocycles. The minimum Gasteiger partial charge on any atom is -0.497 e. The van der Waals surface area contributed by atoms with E-state index in [0.29, 0.717) is 21.9 Å². The Morgan fingerprint density at radius 2 is 1.82 bits per heavy atom. The van der Waals surface area contributed by atoms with Gasteiger partial charge in [0.2, 0.25) is 5.88 Å². The second-order valence-electron chi connectivity index (χ2n) is 4.59. The summed E-state index contributed by atoms with van der Waals surface area (Å²) < 4.78 is 10.7. The topological polar surface area (TPSA) is 51.5 Å². The maximum absolute atomic E-state index is 12.2. The normalized spacial score (nSPS) is 10.7. The van der Waals surface area contributed by atoms with Crippen molar-refractivity contribution in [1.82, 2.24) is 0 Å². The van der Waals surface area contributed by atoms with Crippen LogP contribution in [0.25, 0.3) is 11.0 Å². The highest BCUT2D eigenvalue weighted by atomic mass is 35.5. The van der Waals surface area contributed by atoms with Crippen molar-refractivity contribution in [3.05, 3.63) is 62.7 Å². The minimum atomic E-state index is -0.221. The van der Waals surface area contributed by atoms with E-state index in [1.165, 1.54) is 18.2 Å². The van der Waals surface area contributed by atoms with Gasteiger partial charge in [-0.05, 0) is 36.4 Å². The van der Waals surface area contributed by atoms with Crippen molar-refractivity contribution in [2.24, 2.45) is 0 Å². The molecule has 0 bridgehead atoms. The third-order valence-electron chi connectivity index (χ3n) is 3.11. The van der Waals surface area contributed by atoms with Crippen molar-refractivity contribution in [3.8, 4) is 5.75 Å². The maximum atomic E-state index is 12.2. The van der Waals surface area contributed by atoms with E-state index >= 15 is 0 Å². The number of ether oxygens (including phenoxy) is 1. The predicted octanol–water partition coefficient (Wildman–Crippen LogP) is 4.85. The summed E-state index contributed by atoms with van der Waals surface area (Å²) in [6, 6.07) is 11.7. The molecule has 0 aliphatic rings. The molecular formula is C16H11Cl2NO3. The number of anilines is 2. The van der Waals surface area contributed by atoms with Gasteiger partial charge in [0, 0.05) is 16.8 Å². The van der Waals surface area contributed by atoms with Crippen LogP contribution in [0.2, 0.25) is 10.0 Å². The first kappa shape index (κ1) is 14.8. The molecule has 0 unspecified atom stereocenters. The molecule has 3 aromatic rings. The van der Waals surface area contributed by atoms with Crippen LogP contribution in [0, 0.1) is 0 Å². The van der Waals surface area contributed by atoms with E-state index in [-0.39, 0.29) is 10.5 Å². The highest BCUT2D eigenvalue weighted by molar-refractivity contribution is 6.38. The molecule has 4 nitrogen and oxygen atoms in total. The quantitative estimate of drug-likeness (QED) is 0.743. The van der Waals surface area contributed by atoms with Gasteiger partial charge in [0.25, 0.3) is 0 Å². The van der Waals surface area contributed by atoms with Gasteiger partial charge >= 0.3 is 0 Å². The van der Waals surface area contributed by atoms with E-state index in [1.54, 1.807) is 19.2 Å². The van der Waals surface area contributed by atoms with E-state index < -0.39 is 0 Å². The highest BCUT2D eigenvalue weighted by Gasteiger charge is 2.10. The van der Waals surface area contributed by atoms with E-state index in [9.17, 15) is 4.79 Å². The molecule has 22 heavy (non-hydrogen) atoms. The number of benzene rings is 2. The largest absolute Gasteiger partial charge is 0.497 e. The van der Waals surface area contributed by atoms with Gasteiger partial charge in [0.15, 0.2) is 11.0 Å². The Morgan fingerprint density at radius 1 is 1.09 bits per heavy atom. The average molecular weight is 336 g/mol. The van der Waals surface area contributed by atoms with Crippen LogP contribution in [0.4, 0.5) is 11.6 Å². The van der Waals surface area contributed by atoms with Gasteiger partial charge in [-0.25, -0.2) is 0 Å². The molecule has 1 N–H and O–H groups in total. The van der Waals surface area contributed by atoms with Gasteiger partial charge < -0.3 is 14.5 Å². The first-order valence-electron chi connectivity index (χ1n) is 6.41. The summed E-state index contributed by atoms with van der Waals surface area (Å²) in [6.45, 7) is 0. The zero-order valence-electron chi connectivity index (χ0n) is 11.5. The first-order chi connectivity index (χ1) is 10.6. The van der Waals surface area contributed by atoms with E-state index in [2.05, 4.69) is 5.32 Å². The Bertz CT molecular complexity index is 888. The molecule has 0 aliphatic heterocycles. The standard InChI is InChI=1S/C16H11Cl2NO3/c1-21-11-4-2-10(3-5-11)19-15-8-14(20)12-6-9(17)7-13(18)16(12)22-15/h2-8,19H,1H3. The van der Waals surface area contributed by atoms with Crippen molar-refractivity contribution in [2.45, 2.75) is 0 Å². The molecule has 1 aromatic heterocycles. The Kier molecular flexibility index (Phi) is 3.96. The Balaban J connectivity index is 2.02. The van der Waals surface area contributed by atoms with Crippen LogP contribution in [0.15, 0.2) is 51.7 Å². The molecule has 112 valence electrons. The van der Waals surface area contributed by atoms with Gasteiger partial charge in [0.1, 0.15) is 5.75 Å². The number of methoxy groups -OCH3 is 1. The molecule has 0 atom stereocenters. The van der Waals surface area contributed by atoms with Crippen molar-refractivity contribution >= 4 is 45.7 Å². The third kappa shape index (κ3) is 2.89. The number of halogens is 2. The fourth-order valence-corrected chi connectivity index (χ4v) is 2.59. The van der Waals surface area contributed by atoms with Crippen LogP contribution in [-0.4, -0.2) is 7.11 Å². The summed E-state index contributed by atoms with van der Waals surface area (Å²) in [6.07, 6.45) is 0. The third-order valence-corrected chi connectivity index (χ3v) is 3.60. The summed E-state index contributed by atoms with van der Waals surface area (Å²) in [5.41, 5.74) is 0.838. The molecule has 0 fully saturated rings. The molecule has 0 saturated heterocycles. The van der Waals surface area contributed by atoms with Crippen LogP contribution in [0.1, 0.15) is 0 Å². The number of hydrogen-bond donors (Lipinski definition) is 1. The van der Waals surface area contributed by atoms with E-state index in [0.717, 1.165) is 11.4 Å². The summed E-state index contributed by atoms with van der Waals surface area (Å²) in [7, 11) is 1.60. The number of fused-ring (bicyclic) bond motifs is 1. The van der Waals surface area contributed by atoms with Crippen molar-refractivity contribution < 1.29 is 9.15 Å². The van der Waals surface area contributed by atoms with Gasteiger partial charge in [-0.15, -0.1) is 0 Å². The van der Waals surface area contributed by atoms with Gasteiger partial charge in [-0.1, -0.05) is 23.2 Å². The van der Waals surface area contributed by atoms with Crippen LogP contribution >= 0.6 is 23.2 Å². The Morgan fingerprint density at radius 3 is 2.50 bits per heavy atom. The Labute approximate surface area is 136 Å². The monoisotopic (exact) mass is 335 g/mol. The van der Waals surface area contributed by atoms with Crippen molar-refractivity contribution in [2.75, 3.05) is 12.4 Å². The second kappa shape index (κ2) is 5.91. The lowest BCUT2D eigenvalue weighted by Gasteiger charge is -2.08. The summed E-state index contributed by atoms with van der Waals surface area (Å²) in [5.74, 6) is 1.04. The lowest BCUT2D eigenvalue weighted by Crippen LogP contribution is -2.02. The fourth-order valence-electron chi connectivity index (χ4n) is 2.06. The Hall–Kier alpha value is -2.17. The molecular weight excluding hydrogens is 325 g/mol. The van der Waals surface area contributed by atoms with Crippen LogP contribution in [0.3, 0.4) is 0 Å². The smallest absolute Gasteiger partial charge is 0.201 e. The summed E-state index contributed by atoms with van der Waals surface area (Å²) >= 11 is 12.0. The van der Waals surface area contributed by atoms with E-state index in [4.69, 9.17) is 32.4 Å². The summed E-state index contributed by atoms with van der Waals surface area (Å²) in [4.78, 5) is 12.2. The van der Waals surface area contributed by atoms with Crippen LogP contribution < -0.4 is 15.5 Å². The van der Waals surface area contributed by atoms with Crippen molar-refractivity contribution in [1.29, 1.82) is 0 Å². The number of rotatable bonds is 3. The second-order valence-corrected chi connectivity index (χ2v) is 5.44. The molecule has 0 spiro atoms. The molecule has 0 amide bonds. The van der Waals surface area contributed by atoms with Crippen molar-refractivity contribution in [3.63, 3.8) is 0 Å². The van der Waals surface area contributed by atoms with Gasteiger partial charge in [-0.3, -0.25) is 4.79 Å². The average Bonchev–Trinajstić information content (AvgIpc) is 2.49. The SMILES string of the molecule is COc1ccc(Nc2cc(=O)c3cc(Cl)cc(Cl)c3o2)cc1. The molecule has 0 aliphatic carbocycles. The van der Waals surface area contributed by atoms with Crippen LogP contribution in [-0.2, 0) is 0 Å². The predicted molar refractivity (Wildman–Crippen MR) is 88.8 cm³/mol. The first-order valence-corrected chi connectivity index (χ1v) is 7.16. The highest BCUT2D eigenvalue weighted by Crippen LogP contribution is 2.29. The van der Waals surface area contributed by atoms with Crippen LogP contribution in [0.5, 0.6) is 5.75 Å². The zero-order chi connectivity index (χ0) is 15.7. The molecule has 0 saturated carbocycles. The molecule has 1 heterocycles. The van der Waals surface area contributed by atoms with Gasteiger partial charge in [0.05, 0.1) is 17.5 Å². The zero-order valence-corrected chi connectivity index (χ0v) is 13.0. The molecule has 3 rings (SSSR count). The van der Waals surface area contributed by atoms with E-state index in [1.807, 2.05) is 12.1 Å². The number of nitrogens with one attached hydrogen (secondary N) is 1. The molecule has 6 heteroatoms. The fraction of sp³-hybridized carbons (Fsp3) is 0.0625.